The van der Waals surface area contributed by atoms with E-state index in [0.29, 0.717) is 54.6 Å². The summed E-state index contributed by atoms with van der Waals surface area (Å²) in [4.78, 5) is 96.7. The molecule has 0 bridgehead atoms. The minimum absolute atomic E-state index is 0.218. The van der Waals surface area contributed by atoms with E-state index < -0.39 is 261 Å². The molecule has 0 amide bonds. The molecule has 1 fully saturated rings. The van der Waals surface area contributed by atoms with E-state index in [2.05, 4.69) is 0 Å². The molecule has 0 unspecified atom stereocenters. The number of carboxylic acids is 2. The lowest BCUT2D eigenvalue weighted by Crippen LogP contribution is -2.63. The highest BCUT2D eigenvalue weighted by Crippen LogP contribution is 2.55. The molecule has 36 nitrogen and oxygen atoms in total. The predicted octanol–water partition coefficient (Wildman–Crippen LogP) is 3.47. The second-order valence-corrected chi connectivity index (χ2v) is 19.0. The second kappa shape index (κ2) is 23.1. The summed E-state index contributed by atoms with van der Waals surface area (Å²) in [7, 11) is 0. The Balaban J connectivity index is 1.24. The fourth-order valence-electron chi connectivity index (χ4n) is 8.92. The molecule has 0 aromatic heterocycles. The van der Waals surface area contributed by atoms with Gasteiger partial charge in [-0.05, 0) is 48.5 Å². The summed E-state index contributed by atoms with van der Waals surface area (Å²) in [6.07, 6.45) is -13.9. The Kier molecular flexibility index (Phi) is 15.8. The molecule has 5 atom stereocenters. The van der Waals surface area contributed by atoms with Crippen LogP contribution in [0, 0.1) is 0 Å². The average Bonchev–Trinajstić information content (AvgIpc) is 2.56. The van der Waals surface area contributed by atoms with Crippen molar-refractivity contribution in [3.05, 3.63) is 99.6 Å². The number of hydrogen-bond acceptors (Lipinski definition) is 34. The van der Waals surface area contributed by atoms with Gasteiger partial charge in [-0.25, -0.2) is 33.6 Å². The van der Waals surface area contributed by atoms with Crippen LogP contribution in [0.15, 0.2) is 60.7 Å². The molecule has 9 rings (SSSR count). The summed E-state index contributed by atoms with van der Waals surface area (Å²) >= 11 is 0. The maximum Gasteiger partial charge on any atom is 0.342 e. The zero-order valence-corrected chi connectivity index (χ0v) is 44.4. The van der Waals surface area contributed by atoms with Gasteiger partial charge in [-0.2, -0.15) is 0 Å². The van der Waals surface area contributed by atoms with E-state index in [9.17, 15) is 141 Å². The Labute approximate surface area is 499 Å². The Bertz CT molecular complexity index is 4270. The van der Waals surface area contributed by atoms with Crippen molar-refractivity contribution >= 4 is 41.8 Å². The van der Waals surface area contributed by atoms with E-state index >= 15 is 0 Å². The Morgan fingerprint density at radius 2 is 0.813 bits per heavy atom. The van der Waals surface area contributed by atoms with Crippen molar-refractivity contribution < 1.29 is 179 Å². The maximum absolute atomic E-state index is 14.9. The Morgan fingerprint density at radius 1 is 0.385 bits per heavy atom. The van der Waals surface area contributed by atoms with Crippen LogP contribution >= 0.6 is 0 Å². The van der Waals surface area contributed by atoms with Crippen molar-refractivity contribution in [2.45, 2.75) is 30.7 Å². The first-order valence-electron chi connectivity index (χ1n) is 24.7. The molecule has 7 aromatic rings. The third-order valence-corrected chi connectivity index (χ3v) is 13.3. The number of carbonyl (C=O) groups excluding carboxylic acids is 5. The van der Waals surface area contributed by atoms with Crippen molar-refractivity contribution in [3.8, 4) is 143 Å². The molecule has 2 aliphatic rings. The number of phenolic OH excluding ortho intramolecular Hbond substituents is 19. The number of esters is 5. The molecule has 2 aliphatic heterocycles. The third kappa shape index (κ3) is 11.1. The molecule has 91 heavy (non-hydrogen) atoms. The fraction of sp³-hybridized carbons (Fsp3) is 0.109. The van der Waals surface area contributed by atoms with Gasteiger partial charge in [0.15, 0.2) is 98.5 Å². The first-order valence-corrected chi connectivity index (χ1v) is 24.7. The number of aromatic carboxylic acids is 2. The maximum atomic E-state index is 14.9. The van der Waals surface area contributed by atoms with Crippen LogP contribution in [-0.2, 0) is 28.4 Å². The van der Waals surface area contributed by atoms with Gasteiger partial charge in [0, 0.05) is 23.3 Å². The minimum Gasteiger partial charge on any atom is -0.504 e. The number of fused-ring (bicyclic) bond motifs is 4. The summed E-state index contributed by atoms with van der Waals surface area (Å²) in [5.41, 5.74) is -10.2. The van der Waals surface area contributed by atoms with Crippen LogP contribution in [-0.4, -0.2) is 186 Å². The fourth-order valence-corrected chi connectivity index (χ4v) is 8.92. The summed E-state index contributed by atoms with van der Waals surface area (Å²) in [6, 6.07) is 3.78. The Morgan fingerprint density at radius 3 is 1.34 bits per heavy atom. The first kappa shape index (κ1) is 62.1. The number of aromatic hydroxyl groups is 19. The third-order valence-electron chi connectivity index (χ3n) is 13.3. The van der Waals surface area contributed by atoms with Gasteiger partial charge in [0.05, 0.1) is 27.8 Å². The van der Waals surface area contributed by atoms with Gasteiger partial charge in [-0.1, -0.05) is 0 Å². The average molecular weight is 1270 g/mol. The molecule has 1 saturated heterocycles. The predicted molar refractivity (Wildman–Crippen MR) is 282 cm³/mol. The summed E-state index contributed by atoms with van der Waals surface area (Å²) < 4.78 is 44.6. The molecule has 0 aliphatic carbocycles. The van der Waals surface area contributed by atoms with E-state index in [0.717, 1.165) is 0 Å². The van der Waals surface area contributed by atoms with E-state index in [4.69, 9.17) is 37.9 Å². The second-order valence-electron chi connectivity index (χ2n) is 19.0. The molecule has 2 heterocycles. The van der Waals surface area contributed by atoms with Gasteiger partial charge in [0.2, 0.25) is 58.4 Å². The molecular formula is C55H38O36. The van der Waals surface area contributed by atoms with Gasteiger partial charge in [0.1, 0.15) is 23.8 Å². The van der Waals surface area contributed by atoms with Crippen LogP contribution in [0.2, 0.25) is 0 Å². The van der Waals surface area contributed by atoms with Crippen LogP contribution in [0.4, 0.5) is 0 Å². The van der Waals surface area contributed by atoms with E-state index in [1.807, 2.05) is 0 Å². The summed E-state index contributed by atoms with van der Waals surface area (Å²) in [5.74, 6) is -45.0. The molecule has 0 spiro atoms. The number of ether oxygens (including phenoxy) is 8. The zero-order chi connectivity index (χ0) is 66.8. The number of benzene rings is 7. The molecule has 0 saturated carbocycles. The number of phenols is 19. The largest absolute Gasteiger partial charge is 0.504 e. The molecule has 0 radical (unpaired) electrons. The lowest BCUT2D eigenvalue weighted by atomic mass is 9.92. The van der Waals surface area contributed by atoms with Crippen molar-refractivity contribution in [2.75, 3.05) is 6.61 Å². The number of rotatable bonds is 12. The van der Waals surface area contributed by atoms with Crippen LogP contribution in [0.5, 0.6) is 132 Å². The van der Waals surface area contributed by atoms with Crippen molar-refractivity contribution in [1.29, 1.82) is 0 Å². The van der Waals surface area contributed by atoms with E-state index in [-0.39, 0.29) is 6.07 Å². The zero-order valence-electron chi connectivity index (χ0n) is 44.4. The highest BCUT2D eigenvalue weighted by atomic mass is 16.7. The Hall–Kier alpha value is -13.4. The van der Waals surface area contributed by atoms with Crippen molar-refractivity contribution in [2.24, 2.45) is 0 Å². The minimum atomic E-state index is -2.96. The monoisotopic (exact) mass is 1270 g/mol. The van der Waals surface area contributed by atoms with Gasteiger partial charge >= 0.3 is 41.8 Å². The van der Waals surface area contributed by atoms with Crippen molar-refractivity contribution in [1.82, 2.24) is 0 Å². The standard InChI is InChI=1S/C55H38O36/c56-19-2-13(3-20(57)32(19)65)50(79)89-46-45-29(11-84-52(81)15-7-22(59)34(67)38(71)30(15)31-16(53(82)88-45)8-23(60)35(68)39(31)72)86-55(91-51(80)14-4-26(63)44(27(64)5-14)87-42-17(49(77)78)9-24(61)36(69)40(42)73)47(46)90-54(83)18-10-25(62)37(70)41(74)43(18)85-28-6-12(48(75)76)1-21(58)33(28)66/h1-10,29,45-47,55-74H,11H2,(H,75,76)(H,77,78)/t29-,45-,46+,47-,55+/m1/s1. The molecule has 474 valence electrons. The summed E-state index contributed by atoms with van der Waals surface area (Å²) in [6.45, 7) is -1.48. The number of cyclic esters (lactones) is 1. The van der Waals surface area contributed by atoms with Gasteiger partial charge in [0.25, 0.3) is 0 Å². The van der Waals surface area contributed by atoms with Gasteiger partial charge in [-0.3, -0.25) is 0 Å². The van der Waals surface area contributed by atoms with Gasteiger partial charge in [-0.15, -0.1) is 0 Å². The van der Waals surface area contributed by atoms with Crippen LogP contribution in [0.1, 0.15) is 72.5 Å². The van der Waals surface area contributed by atoms with Crippen LogP contribution in [0.3, 0.4) is 0 Å². The quantitative estimate of drug-likeness (QED) is 0.0473. The number of hydrogen-bond donors (Lipinski definition) is 21. The number of carbonyl (C=O) groups is 7. The lowest BCUT2D eigenvalue weighted by molar-refractivity contribution is -0.282. The lowest BCUT2D eigenvalue weighted by Gasteiger charge is -2.43. The normalized spacial score (nSPS) is 16.9. The van der Waals surface area contributed by atoms with Gasteiger partial charge < -0.3 is 145 Å². The summed E-state index contributed by atoms with van der Waals surface area (Å²) in [5, 5.41) is 222. The van der Waals surface area contributed by atoms with E-state index in [1.165, 1.54) is 0 Å². The topological polar surface area (TPSA) is 618 Å². The SMILES string of the molecule is O=C(O)c1cc(O)c(O)c(Oc2c(C(=O)O[C@H]3[C@H](OC(=O)c4cc(O)c(Oc5c(C(=O)O)cc(O)c(O)c5O)c(O)c4)O[C@@H]4COC(=O)c5cc(O)c(O)c(O)c5-c5c(cc(O)c(O)c5O)C(=O)O[C@H]4[C@@H]3OC(=O)c3cc(O)c(O)c(O)c3)cc(O)c(O)c2O)c1. The van der Waals surface area contributed by atoms with E-state index in [1.54, 1.807) is 0 Å². The van der Waals surface area contributed by atoms with Crippen LogP contribution in [0.25, 0.3) is 11.1 Å². The molecular weight excluding hydrogens is 1240 g/mol. The molecule has 7 aromatic carbocycles. The van der Waals surface area contributed by atoms with Crippen LogP contribution < -0.4 is 9.47 Å². The first-order chi connectivity index (χ1) is 42.7. The smallest absolute Gasteiger partial charge is 0.342 e. The molecule has 36 heteroatoms. The number of carboxylic acid groups (broad SMARTS) is 2. The van der Waals surface area contributed by atoms with Crippen molar-refractivity contribution in [3.63, 3.8) is 0 Å². The molecule has 21 N–H and O–H groups in total. The highest BCUT2D eigenvalue weighted by Gasteiger charge is 2.56. The highest BCUT2D eigenvalue weighted by molar-refractivity contribution is 6.08.